The molecule has 0 aromatic heterocycles. The summed E-state index contributed by atoms with van der Waals surface area (Å²) in [5, 5.41) is 3.02. The highest BCUT2D eigenvalue weighted by Crippen LogP contribution is 2.16. The maximum atomic E-state index is 12.1. The van der Waals surface area contributed by atoms with Gasteiger partial charge in [0.05, 0.1) is 5.56 Å². The predicted octanol–water partition coefficient (Wildman–Crippen LogP) is 0.675. The van der Waals surface area contributed by atoms with E-state index >= 15 is 0 Å². The van der Waals surface area contributed by atoms with E-state index in [0.717, 1.165) is 25.9 Å². The molecular formula is C13H20N4O. The number of piperidine rings is 1. The smallest absolute Gasteiger partial charge is 0.253 e. The molecule has 0 bridgehead atoms. The van der Waals surface area contributed by atoms with Gasteiger partial charge in [0, 0.05) is 24.0 Å². The van der Waals surface area contributed by atoms with Gasteiger partial charge in [0.1, 0.15) is 0 Å². The topological polar surface area (TPSA) is 84.4 Å². The minimum absolute atomic E-state index is 0.118. The van der Waals surface area contributed by atoms with Crippen molar-refractivity contribution < 1.29 is 4.79 Å². The minimum Gasteiger partial charge on any atom is -0.399 e. The fraction of sp³-hybridized carbons (Fsp3) is 0.462. The van der Waals surface area contributed by atoms with Gasteiger partial charge < -0.3 is 21.7 Å². The first-order valence-corrected chi connectivity index (χ1v) is 6.20. The van der Waals surface area contributed by atoms with Crippen LogP contribution in [-0.2, 0) is 0 Å². The summed E-state index contributed by atoms with van der Waals surface area (Å²) >= 11 is 0. The number of hydrogen-bond donors (Lipinski definition) is 3. The maximum absolute atomic E-state index is 12.1. The summed E-state index contributed by atoms with van der Waals surface area (Å²) in [5.74, 6) is -0.118. The number of nitrogen functional groups attached to an aromatic ring is 2. The van der Waals surface area contributed by atoms with Crippen molar-refractivity contribution in [3.8, 4) is 0 Å². The molecule has 1 fully saturated rings. The highest BCUT2D eigenvalue weighted by molar-refractivity contribution is 5.99. The Labute approximate surface area is 107 Å². The summed E-state index contributed by atoms with van der Waals surface area (Å²) < 4.78 is 0. The molecule has 2 rings (SSSR count). The largest absolute Gasteiger partial charge is 0.399 e. The number of amides is 1. The molecule has 5 N–H and O–H groups in total. The maximum Gasteiger partial charge on any atom is 0.253 e. The lowest BCUT2D eigenvalue weighted by Crippen LogP contribution is -2.46. The van der Waals surface area contributed by atoms with Gasteiger partial charge in [0.25, 0.3) is 5.91 Å². The lowest BCUT2D eigenvalue weighted by molar-refractivity contribution is 0.0913. The van der Waals surface area contributed by atoms with E-state index in [2.05, 4.69) is 17.3 Å². The number of likely N-dealkylation sites (tertiary alicyclic amines) is 1. The number of benzene rings is 1. The highest BCUT2D eigenvalue weighted by Gasteiger charge is 2.20. The third-order valence-electron chi connectivity index (χ3n) is 3.28. The molecule has 0 spiro atoms. The molecule has 0 saturated carbocycles. The number of nitrogens with zero attached hydrogens (tertiary/aromatic N) is 1. The first-order chi connectivity index (χ1) is 8.56. The zero-order valence-corrected chi connectivity index (χ0v) is 10.6. The molecule has 0 aliphatic carbocycles. The Morgan fingerprint density at radius 3 is 2.89 bits per heavy atom. The summed E-state index contributed by atoms with van der Waals surface area (Å²) in [6.45, 7) is 1.98. The molecule has 1 aromatic carbocycles. The van der Waals surface area contributed by atoms with Crippen LogP contribution in [0, 0.1) is 0 Å². The van der Waals surface area contributed by atoms with Gasteiger partial charge in [-0.05, 0) is 44.6 Å². The van der Waals surface area contributed by atoms with E-state index in [9.17, 15) is 4.79 Å². The molecule has 98 valence electrons. The van der Waals surface area contributed by atoms with E-state index in [4.69, 9.17) is 11.5 Å². The molecule has 1 aromatic rings. The number of carbonyl (C=O) groups excluding carboxylic acids is 1. The van der Waals surface area contributed by atoms with Gasteiger partial charge >= 0.3 is 0 Å². The second-order valence-electron chi connectivity index (χ2n) is 4.92. The van der Waals surface area contributed by atoms with Crippen LogP contribution in [0.25, 0.3) is 0 Å². The fourth-order valence-electron chi connectivity index (χ4n) is 2.34. The summed E-state index contributed by atoms with van der Waals surface area (Å²) in [6.07, 6.45) is 2.13. The molecule has 1 aliphatic rings. The Morgan fingerprint density at radius 2 is 2.22 bits per heavy atom. The van der Waals surface area contributed by atoms with Crippen LogP contribution < -0.4 is 16.8 Å². The number of nitrogens with two attached hydrogens (primary N) is 2. The lowest BCUT2D eigenvalue weighted by atomic mass is 10.1. The van der Waals surface area contributed by atoms with Crippen LogP contribution in [0.4, 0.5) is 11.4 Å². The molecule has 1 amide bonds. The third kappa shape index (κ3) is 2.92. The molecule has 5 nitrogen and oxygen atoms in total. The lowest BCUT2D eigenvalue weighted by Gasteiger charge is -2.30. The standard InChI is InChI=1S/C13H20N4O/c1-17-6-2-3-10(8-17)16-13(18)11-5-4-9(14)7-12(11)15/h4-5,7,10H,2-3,6,8,14-15H2,1H3,(H,16,18). The SMILES string of the molecule is CN1CCCC(NC(=O)c2ccc(N)cc2N)C1. The number of hydrogen-bond acceptors (Lipinski definition) is 4. The van der Waals surface area contributed by atoms with Gasteiger partial charge in [0.2, 0.25) is 0 Å². The summed E-state index contributed by atoms with van der Waals surface area (Å²) in [4.78, 5) is 14.3. The normalized spacial score (nSPS) is 20.6. The zero-order chi connectivity index (χ0) is 13.1. The number of rotatable bonds is 2. The van der Waals surface area contributed by atoms with Crippen molar-refractivity contribution in [1.82, 2.24) is 10.2 Å². The fourth-order valence-corrected chi connectivity index (χ4v) is 2.34. The van der Waals surface area contributed by atoms with Crippen molar-refractivity contribution in [3.05, 3.63) is 23.8 Å². The monoisotopic (exact) mass is 248 g/mol. The average molecular weight is 248 g/mol. The Morgan fingerprint density at radius 1 is 1.44 bits per heavy atom. The van der Waals surface area contributed by atoms with Crippen molar-refractivity contribution in [2.75, 3.05) is 31.6 Å². The van der Waals surface area contributed by atoms with Crippen LogP contribution in [0.5, 0.6) is 0 Å². The van der Waals surface area contributed by atoms with Gasteiger partial charge in [-0.2, -0.15) is 0 Å². The van der Waals surface area contributed by atoms with E-state index in [1.54, 1.807) is 18.2 Å². The van der Waals surface area contributed by atoms with E-state index in [1.165, 1.54) is 0 Å². The van der Waals surface area contributed by atoms with Gasteiger partial charge in [-0.15, -0.1) is 0 Å². The summed E-state index contributed by atoms with van der Waals surface area (Å²) in [7, 11) is 2.07. The molecule has 5 heteroatoms. The van der Waals surface area contributed by atoms with Crippen LogP contribution in [0.15, 0.2) is 18.2 Å². The molecule has 1 unspecified atom stereocenters. The first-order valence-electron chi connectivity index (χ1n) is 6.20. The molecule has 1 atom stereocenters. The number of likely N-dealkylation sites (N-methyl/N-ethyl adjacent to an activating group) is 1. The second-order valence-corrected chi connectivity index (χ2v) is 4.92. The van der Waals surface area contributed by atoms with Gasteiger partial charge in [0.15, 0.2) is 0 Å². The number of carbonyl (C=O) groups is 1. The Kier molecular flexibility index (Phi) is 3.72. The highest BCUT2D eigenvalue weighted by atomic mass is 16.1. The van der Waals surface area contributed by atoms with E-state index in [0.29, 0.717) is 16.9 Å². The van der Waals surface area contributed by atoms with Gasteiger partial charge in [-0.25, -0.2) is 0 Å². The van der Waals surface area contributed by atoms with Crippen molar-refractivity contribution in [1.29, 1.82) is 0 Å². The van der Waals surface area contributed by atoms with E-state index in [-0.39, 0.29) is 11.9 Å². The summed E-state index contributed by atoms with van der Waals surface area (Å²) in [6, 6.07) is 5.18. The molecule has 1 saturated heterocycles. The van der Waals surface area contributed by atoms with E-state index < -0.39 is 0 Å². The van der Waals surface area contributed by atoms with Crippen molar-refractivity contribution in [2.24, 2.45) is 0 Å². The molecule has 18 heavy (non-hydrogen) atoms. The van der Waals surface area contributed by atoms with Gasteiger partial charge in [-0.1, -0.05) is 0 Å². The Balaban J connectivity index is 2.03. The van der Waals surface area contributed by atoms with Crippen LogP contribution in [-0.4, -0.2) is 37.0 Å². The Hall–Kier alpha value is -1.75. The second kappa shape index (κ2) is 5.27. The molecule has 1 heterocycles. The third-order valence-corrected chi connectivity index (χ3v) is 3.28. The Bertz CT molecular complexity index is 447. The average Bonchev–Trinajstić information content (AvgIpc) is 2.28. The van der Waals surface area contributed by atoms with Crippen LogP contribution in [0.3, 0.4) is 0 Å². The van der Waals surface area contributed by atoms with E-state index in [1.807, 2.05) is 0 Å². The van der Waals surface area contributed by atoms with Crippen molar-refractivity contribution in [3.63, 3.8) is 0 Å². The molecule has 0 radical (unpaired) electrons. The molecular weight excluding hydrogens is 228 g/mol. The first kappa shape index (κ1) is 12.7. The summed E-state index contributed by atoms with van der Waals surface area (Å²) in [5.41, 5.74) is 12.9. The number of nitrogens with one attached hydrogen (secondary N) is 1. The van der Waals surface area contributed by atoms with Crippen LogP contribution in [0.2, 0.25) is 0 Å². The minimum atomic E-state index is -0.118. The van der Waals surface area contributed by atoms with Crippen molar-refractivity contribution in [2.45, 2.75) is 18.9 Å². The van der Waals surface area contributed by atoms with Crippen LogP contribution >= 0.6 is 0 Å². The van der Waals surface area contributed by atoms with Crippen molar-refractivity contribution >= 4 is 17.3 Å². The number of anilines is 2. The predicted molar refractivity (Wildman–Crippen MR) is 73.3 cm³/mol. The quantitative estimate of drug-likeness (QED) is 0.672. The van der Waals surface area contributed by atoms with Gasteiger partial charge in [-0.3, -0.25) is 4.79 Å². The molecule has 1 aliphatic heterocycles. The zero-order valence-electron chi connectivity index (χ0n) is 10.6. The van der Waals surface area contributed by atoms with Crippen LogP contribution in [0.1, 0.15) is 23.2 Å².